The quantitative estimate of drug-likeness (QED) is 0.760. The number of allylic oxidation sites excluding steroid dienone is 2. The highest BCUT2D eigenvalue weighted by atomic mass is 16.5. The van der Waals surface area contributed by atoms with Crippen LogP contribution in [0.5, 0.6) is 0 Å². The fourth-order valence-corrected chi connectivity index (χ4v) is 1.23. The SMILES string of the molecule is C=C(/C=C\C(N)=C/C)COCc1ccccc1. The first-order valence-electron chi connectivity index (χ1n) is 5.61. The highest BCUT2D eigenvalue weighted by molar-refractivity contribution is 5.24. The Labute approximate surface area is 103 Å². The van der Waals surface area contributed by atoms with Crippen molar-refractivity contribution in [3.63, 3.8) is 0 Å². The van der Waals surface area contributed by atoms with Crippen molar-refractivity contribution in [1.29, 1.82) is 0 Å². The third-order valence-electron chi connectivity index (χ3n) is 2.24. The minimum atomic E-state index is 0.516. The van der Waals surface area contributed by atoms with Gasteiger partial charge in [-0.3, -0.25) is 0 Å². The zero-order chi connectivity index (χ0) is 12.5. The maximum Gasteiger partial charge on any atom is 0.0721 e. The maximum atomic E-state index is 5.63. The zero-order valence-corrected chi connectivity index (χ0v) is 10.2. The van der Waals surface area contributed by atoms with Crippen LogP contribution in [0.15, 0.2) is 66.4 Å². The number of rotatable bonds is 6. The highest BCUT2D eigenvalue weighted by Gasteiger charge is 1.93. The summed E-state index contributed by atoms with van der Waals surface area (Å²) < 4.78 is 5.54. The van der Waals surface area contributed by atoms with Gasteiger partial charge in [-0.05, 0) is 24.1 Å². The van der Waals surface area contributed by atoms with E-state index in [1.165, 1.54) is 0 Å². The van der Waals surface area contributed by atoms with Crippen molar-refractivity contribution in [2.75, 3.05) is 6.61 Å². The summed E-state index contributed by atoms with van der Waals surface area (Å²) in [6.45, 7) is 6.91. The van der Waals surface area contributed by atoms with E-state index in [9.17, 15) is 0 Å². The van der Waals surface area contributed by atoms with Crippen molar-refractivity contribution in [1.82, 2.24) is 0 Å². The van der Waals surface area contributed by atoms with Crippen LogP contribution in [-0.4, -0.2) is 6.61 Å². The number of benzene rings is 1. The minimum absolute atomic E-state index is 0.516. The Kier molecular flexibility index (Phi) is 5.83. The van der Waals surface area contributed by atoms with Gasteiger partial charge in [-0.1, -0.05) is 49.1 Å². The lowest BCUT2D eigenvalue weighted by Crippen LogP contribution is -1.97. The van der Waals surface area contributed by atoms with E-state index >= 15 is 0 Å². The molecule has 90 valence electrons. The van der Waals surface area contributed by atoms with Crippen molar-refractivity contribution in [3.8, 4) is 0 Å². The van der Waals surface area contributed by atoms with Crippen LogP contribution in [-0.2, 0) is 11.3 Å². The van der Waals surface area contributed by atoms with Gasteiger partial charge in [0.15, 0.2) is 0 Å². The minimum Gasteiger partial charge on any atom is -0.399 e. The summed E-state index contributed by atoms with van der Waals surface area (Å²) in [5.74, 6) is 0. The molecule has 1 aromatic carbocycles. The molecule has 0 fully saturated rings. The average Bonchev–Trinajstić information content (AvgIpc) is 2.37. The zero-order valence-electron chi connectivity index (χ0n) is 10.2. The Bertz CT molecular complexity index is 404. The monoisotopic (exact) mass is 229 g/mol. The predicted molar refractivity (Wildman–Crippen MR) is 72.3 cm³/mol. The number of hydrogen-bond donors (Lipinski definition) is 1. The first kappa shape index (κ1) is 13.3. The van der Waals surface area contributed by atoms with Crippen LogP contribution in [0, 0.1) is 0 Å². The Balaban J connectivity index is 2.28. The molecule has 0 saturated carbocycles. The summed E-state index contributed by atoms with van der Waals surface area (Å²) in [6.07, 6.45) is 5.54. The van der Waals surface area contributed by atoms with E-state index in [1.807, 2.05) is 55.5 Å². The van der Waals surface area contributed by atoms with Crippen molar-refractivity contribution in [2.45, 2.75) is 13.5 Å². The van der Waals surface area contributed by atoms with Gasteiger partial charge in [0.05, 0.1) is 13.2 Å². The molecule has 0 aliphatic carbocycles. The van der Waals surface area contributed by atoms with Gasteiger partial charge in [0, 0.05) is 5.70 Å². The standard InChI is InChI=1S/C15H19NO/c1-3-15(16)10-9-13(2)11-17-12-14-7-5-4-6-8-14/h3-10H,2,11-12,16H2,1H3/b10-9-,15-3+. The number of hydrogen-bond acceptors (Lipinski definition) is 2. The van der Waals surface area contributed by atoms with E-state index < -0.39 is 0 Å². The van der Waals surface area contributed by atoms with E-state index in [2.05, 4.69) is 6.58 Å². The summed E-state index contributed by atoms with van der Waals surface area (Å²) >= 11 is 0. The van der Waals surface area contributed by atoms with Gasteiger partial charge in [0.1, 0.15) is 0 Å². The Morgan fingerprint density at radius 1 is 1.29 bits per heavy atom. The van der Waals surface area contributed by atoms with Gasteiger partial charge in [-0.2, -0.15) is 0 Å². The van der Waals surface area contributed by atoms with Gasteiger partial charge in [-0.15, -0.1) is 0 Å². The lowest BCUT2D eigenvalue weighted by Gasteiger charge is -2.04. The van der Waals surface area contributed by atoms with E-state index in [0.717, 1.165) is 16.8 Å². The lowest BCUT2D eigenvalue weighted by atomic mass is 10.2. The number of nitrogens with two attached hydrogens (primary N) is 1. The fourth-order valence-electron chi connectivity index (χ4n) is 1.23. The van der Waals surface area contributed by atoms with Crippen LogP contribution in [0.3, 0.4) is 0 Å². The molecule has 1 aromatic rings. The molecule has 17 heavy (non-hydrogen) atoms. The molecule has 0 aliphatic rings. The van der Waals surface area contributed by atoms with Crippen molar-refractivity contribution < 1.29 is 4.74 Å². The molecule has 0 aromatic heterocycles. The largest absolute Gasteiger partial charge is 0.399 e. The van der Waals surface area contributed by atoms with Gasteiger partial charge in [0.25, 0.3) is 0 Å². The molecule has 0 radical (unpaired) electrons. The van der Waals surface area contributed by atoms with E-state index in [4.69, 9.17) is 10.5 Å². The molecule has 2 N–H and O–H groups in total. The fraction of sp³-hybridized carbons (Fsp3) is 0.200. The summed E-state index contributed by atoms with van der Waals surface area (Å²) in [4.78, 5) is 0. The Hall–Kier alpha value is -1.80. The van der Waals surface area contributed by atoms with Crippen molar-refractivity contribution in [2.24, 2.45) is 5.73 Å². The lowest BCUT2D eigenvalue weighted by molar-refractivity contribution is 0.144. The van der Waals surface area contributed by atoms with Gasteiger partial charge in [-0.25, -0.2) is 0 Å². The smallest absolute Gasteiger partial charge is 0.0721 e. The molecule has 0 heterocycles. The molecule has 0 amide bonds. The summed E-state index contributed by atoms with van der Waals surface area (Å²) in [5.41, 5.74) is 8.44. The molecular weight excluding hydrogens is 210 g/mol. The third-order valence-corrected chi connectivity index (χ3v) is 2.24. The van der Waals surface area contributed by atoms with Crippen molar-refractivity contribution in [3.05, 3.63) is 72.0 Å². The molecule has 0 unspecified atom stereocenters. The summed E-state index contributed by atoms with van der Waals surface area (Å²) in [7, 11) is 0. The Morgan fingerprint density at radius 3 is 2.65 bits per heavy atom. The first-order chi connectivity index (χ1) is 8.22. The van der Waals surface area contributed by atoms with Crippen LogP contribution >= 0.6 is 0 Å². The van der Waals surface area contributed by atoms with Crippen LogP contribution in [0.2, 0.25) is 0 Å². The van der Waals surface area contributed by atoms with Crippen molar-refractivity contribution >= 4 is 0 Å². The van der Waals surface area contributed by atoms with Crippen LogP contribution < -0.4 is 5.73 Å². The van der Waals surface area contributed by atoms with Gasteiger partial charge < -0.3 is 10.5 Å². The second-order valence-electron chi connectivity index (χ2n) is 3.76. The van der Waals surface area contributed by atoms with Crippen LogP contribution in [0.1, 0.15) is 12.5 Å². The van der Waals surface area contributed by atoms with E-state index in [1.54, 1.807) is 0 Å². The molecule has 2 nitrogen and oxygen atoms in total. The molecule has 0 aliphatic heterocycles. The molecular formula is C15H19NO. The van der Waals surface area contributed by atoms with Gasteiger partial charge >= 0.3 is 0 Å². The van der Waals surface area contributed by atoms with Crippen LogP contribution in [0.25, 0.3) is 0 Å². The van der Waals surface area contributed by atoms with Gasteiger partial charge in [0.2, 0.25) is 0 Å². The summed E-state index contributed by atoms with van der Waals surface area (Å²) in [5, 5.41) is 0. The average molecular weight is 229 g/mol. The summed E-state index contributed by atoms with van der Waals surface area (Å²) in [6, 6.07) is 10.1. The van der Waals surface area contributed by atoms with E-state index in [-0.39, 0.29) is 0 Å². The second-order valence-corrected chi connectivity index (χ2v) is 3.76. The molecule has 1 rings (SSSR count). The first-order valence-corrected chi connectivity index (χ1v) is 5.61. The second kappa shape index (κ2) is 7.47. The molecule has 0 bridgehead atoms. The van der Waals surface area contributed by atoms with Crippen LogP contribution in [0.4, 0.5) is 0 Å². The molecule has 2 heteroatoms. The molecule has 0 saturated heterocycles. The predicted octanol–water partition coefficient (Wildman–Crippen LogP) is 3.18. The molecule has 0 atom stereocenters. The third kappa shape index (κ3) is 5.73. The Morgan fingerprint density at radius 2 is 2.00 bits per heavy atom. The maximum absolute atomic E-state index is 5.63. The number of ether oxygens (including phenoxy) is 1. The normalized spacial score (nSPS) is 11.9. The van der Waals surface area contributed by atoms with E-state index in [0.29, 0.717) is 13.2 Å². The highest BCUT2D eigenvalue weighted by Crippen LogP contribution is 2.03. The topological polar surface area (TPSA) is 35.2 Å². The molecule has 0 spiro atoms.